The average molecular weight is 374 g/mol. The van der Waals surface area contributed by atoms with Gasteiger partial charge in [0.2, 0.25) is 0 Å². The van der Waals surface area contributed by atoms with Crippen LogP contribution in [-0.4, -0.2) is 29.0 Å². The first-order chi connectivity index (χ1) is 12.6. The Labute approximate surface area is 154 Å². The molecule has 1 aliphatic heterocycles. The zero-order chi connectivity index (χ0) is 18.1. The third kappa shape index (κ3) is 3.37. The van der Waals surface area contributed by atoms with Gasteiger partial charge in [0, 0.05) is 18.1 Å². The number of fused-ring (bicyclic) bond motifs is 1. The second kappa shape index (κ2) is 6.96. The van der Waals surface area contributed by atoms with E-state index < -0.39 is 5.82 Å². The third-order valence-corrected chi connectivity index (χ3v) is 4.77. The van der Waals surface area contributed by atoms with Crippen molar-refractivity contribution in [3.8, 4) is 0 Å². The Hall–Kier alpha value is -2.60. The van der Waals surface area contributed by atoms with Crippen LogP contribution in [0.15, 0.2) is 46.9 Å². The maximum absolute atomic E-state index is 13.8. The lowest BCUT2D eigenvalue weighted by Gasteiger charge is -2.31. The number of oxazole rings is 1. The number of halogens is 2. The molecule has 4 rings (SSSR count). The summed E-state index contributed by atoms with van der Waals surface area (Å²) in [6.07, 6.45) is 1.72. The highest BCUT2D eigenvalue weighted by Gasteiger charge is 2.28. The standard InChI is InChI=1S/C19H17ClFN3O2/c20-13-7-8-14(21)16(10-13)23-19(25)24-9-3-4-12(11-24)18-22-15-5-1-2-6-17(15)26-18/h1-2,5-8,10,12H,3-4,9,11H2,(H,23,25). The van der Waals surface area contributed by atoms with Crippen molar-refractivity contribution < 1.29 is 13.6 Å². The van der Waals surface area contributed by atoms with Gasteiger partial charge in [-0.15, -0.1) is 0 Å². The zero-order valence-corrected chi connectivity index (χ0v) is 14.7. The van der Waals surface area contributed by atoms with Crippen molar-refractivity contribution in [3.05, 3.63) is 59.2 Å². The smallest absolute Gasteiger partial charge is 0.321 e. The maximum atomic E-state index is 13.8. The zero-order valence-electron chi connectivity index (χ0n) is 13.9. The maximum Gasteiger partial charge on any atom is 0.321 e. The number of nitrogens with zero attached hydrogens (tertiary/aromatic N) is 2. The Morgan fingerprint density at radius 2 is 2.15 bits per heavy atom. The molecule has 134 valence electrons. The van der Waals surface area contributed by atoms with Crippen molar-refractivity contribution >= 4 is 34.4 Å². The van der Waals surface area contributed by atoms with Crippen LogP contribution < -0.4 is 5.32 Å². The minimum absolute atomic E-state index is 0.0195. The van der Waals surface area contributed by atoms with Gasteiger partial charge < -0.3 is 14.6 Å². The summed E-state index contributed by atoms with van der Waals surface area (Å²) < 4.78 is 19.7. The Kier molecular flexibility index (Phi) is 4.51. The van der Waals surface area contributed by atoms with Gasteiger partial charge in [-0.1, -0.05) is 23.7 Å². The monoisotopic (exact) mass is 373 g/mol. The van der Waals surface area contributed by atoms with E-state index in [1.807, 2.05) is 24.3 Å². The molecule has 1 fully saturated rings. The number of urea groups is 1. The van der Waals surface area contributed by atoms with Gasteiger partial charge in [-0.25, -0.2) is 14.2 Å². The van der Waals surface area contributed by atoms with E-state index >= 15 is 0 Å². The third-order valence-electron chi connectivity index (χ3n) is 4.54. The second-order valence-electron chi connectivity index (χ2n) is 6.36. The summed E-state index contributed by atoms with van der Waals surface area (Å²) in [6, 6.07) is 11.3. The number of hydrogen-bond acceptors (Lipinski definition) is 3. The van der Waals surface area contributed by atoms with Crippen molar-refractivity contribution in [3.63, 3.8) is 0 Å². The van der Waals surface area contributed by atoms with Crippen LogP contribution in [-0.2, 0) is 0 Å². The van der Waals surface area contributed by atoms with Gasteiger partial charge in [0.15, 0.2) is 11.5 Å². The number of nitrogens with one attached hydrogen (secondary N) is 1. The first kappa shape index (κ1) is 16.8. The molecule has 2 heterocycles. The molecule has 0 aliphatic carbocycles. The fourth-order valence-corrected chi connectivity index (χ4v) is 3.39. The Bertz CT molecular complexity index is 926. The van der Waals surface area contributed by atoms with E-state index in [1.54, 1.807) is 4.90 Å². The molecule has 0 radical (unpaired) electrons. The van der Waals surface area contributed by atoms with E-state index in [2.05, 4.69) is 10.3 Å². The number of aromatic nitrogens is 1. The summed E-state index contributed by atoms with van der Waals surface area (Å²) in [6.45, 7) is 1.07. The highest BCUT2D eigenvalue weighted by molar-refractivity contribution is 6.30. The first-order valence-electron chi connectivity index (χ1n) is 8.46. The van der Waals surface area contributed by atoms with Crippen LogP contribution in [0, 0.1) is 5.82 Å². The minimum Gasteiger partial charge on any atom is -0.440 e. The number of benzene rings is 2. The molecule has 1 unspecified atom stereocenters. The van der Waals surface area contributed by atoms with Gasteiger partial charge in [0.1, 0.15) is 11.3 Å². The fourth-order valence-electron chi connectivity index (χ4n) is 3.22. The summed E-state index contributed by atoms with van der Waals surface area (Å²) in [7, 11) is 0. The highest BCUT2D eigenvalue weighted by atomic mass is 35.5. The van der Waals surface area contributed by atoms with E-state index in [1.165, 1.54) is 18.2 Å². The second-order valence-corrected chi connectivity index (χ2v) is 6.80. The lowest BCUT2D eigenvalue weighted by Crippen LogP contribution is -2.41. The van der Waals surface area contributed by atoms with Gasteiger partial charge in [0.05, 0.1) is 11.6 Å². The number of rotatable bonds is 2. The Morgan fingerprint density at radius 3 is 3.00 bits per heavy atom. The van der Waals surface area contributed by atoms with Crippen molar-refractivity contribution in [1.82, 2.24) is 9.88 Å². The van der Waals surface area contributed by atoms with E-state index in [-0.39, 0.29) is 17.6 Å². The molecule has 0 spiro atoms. The molecule has 2 aromatic carbocycles. The van der Waals surface area contributed by atoms with E-state index in [4.69, 9.17) is 16.0 Å². The largest absolute Gasteiger partial charge is 0.440 e. The molecule has 7 heteroatoms. The first-order valence-corrected chi connectivity index (χ1v) is 8.84. The molecule has 1 saturated heterocycles. The quantitative estimate of drug-likeness (QED) is 0.685. The molecule has 5 nitrogen and oxygen atoms in total. The van der Waals surface area contributed by atoms with Crippen molar-refractivity contribution in [2.75, 3.05) is 18.4 Å². The summed E-state index contributed by atoms with van der Waals surface area (Å²) in [4.78, 5) is 18.7. The van der Waals surface area contributed by atoms with Crippen LogP contribution in [0.3, 0.4) is 0 Å². The molecule has 1 aliphatic rings. The van der Waals surface area contributed by atoms with Crippen molar-refractivity contribution in [2.24, 2.45) is 0 Å². The molecular weight excluding hydrogens is 357 g/mol. The molecule has 1 aromatic heterocycles. The SMILES string of the molecule is O=C(Nc1cc(Cl)ccc1F)N1CCCC(c2nc3ccccc3o2)C1. The van der Waals surface area contributed by atoms with E-state index in [9.17, 15) is 9.18 Å². The highest BCUT2D eigenvalue weighted by Crippen LogP contribution is 2.29. The lowest BCUT2D eigenvalue weighted by molar-refractivity contribution is 0.187. The Balaban J connectivity index is 1.49. The van der Waals surface area contributed by atoms with E-state index in [0.29, 0.717) is 24.0 Å². The number of carbonyl (C=O) groups excluding carboxylic acids is 1. The van der Waals surface area contributed by atoms with Gasteiger partial charge in [0.25, 0.3) is 0 Å². The van der Waals surface area contributed by atoms with Crippen LogP contribution in [0.1, 0.15) is 24.7 Å². The van der Waals surface area contributed by atoms with Gasteiger partial charge in [-0.3, -0.25) is 0 Å². The van der Waals surface area contributed by atoms with Gasteiger partial charge >= 0.3 is 6.03 Å². The van der Waals surface area contributed by atoms with Crippen molar-refractivity contribution in [1.29, 1.82) is 0 Å². The molecule has 1 N–H and O–H groups in total. The predicted molar refractivity (Wildman–Crippen MR) is 98.0 cm³/mol. The van der Waals surface area contributed by atoms with Crippen LogP contribution in [0.5, 0.6) is 0 Å². The van der Waals surface area contributed by atoms with Gasteiger partial charge in [-0.2, -0.15) is 0 Å². The summed E-state index contributed by atoms with van der Waals surface area (Å²) >= 11 is 5.88. The predicted octanol–water partition coefficient (Wildman–Crippen LogP) is 5.03. The molecule has 26 heavy (non-hydrogen) atoms. The molecule has 1 atom stereocenters. The van der Waals surface area contributed by atoms with Crippen LogP contribution in [0.2, 0.25) is 5.02 Å². The molecular formula is C19H17ClFN3O2. The van der Waals surface area contributed by atoms with Gasteiger partial charge in [-0.05, 0) is 43.2 Å². The lowest BCUT2D eigenvalue weighted by atomic mass is 9.98. The molecule has 2 amide bonds. The summed E-state index contributed by atoms with van der Waals surface area (Å²) in [5.41, 5.74) is 1.63. The number of piperidine rings is 1. The molecule has 0 bridgehead atoms. The topological polar surface area (TPSA) is 58.4 Å². The molecule has 0 saturated carbocycles. The molecule has 3 aromatic rings. The van der Waals surface area contributed by atoms with E-state index in [0.717, 1.165) is 23.9 Å². The number of para-hydroxylation sites is 2. The Morgan fingerprint density at radius 1 is 1.31 bits per heavy atom. The number of hydrogen-bond donors (Lipinski definition) is 1. The summed E-state index contributed by atoms with van der Waals surface area (Å²) in [5, 5.41) is 2.96. The van der Waals surface area contributed by atoms with Crippen LogP contribution >= 0.6 is 11.6 Å². The summed E-state index contributed by atoms with van der Waals surface area (Å²) in [5.74, 6) is 0.138. The normalized spacial score (nSPS) is 17.5. The van der Waals surface area contributed by atoms with Crippen LogP contribution in [0.25, 0.3) is 11.1 Å². The minimum atomic E-state index is -0.518. The number of likely N-dealkylation sites (tertiary alicyclic amines) is 1. The number of carbonyl (C=O) groups is 1. The van der Waals surface area contributed by atoms with Crippen LogP contribution in [0.4, 0.5) is 14.9 Å². The fraction of sp³-hybridized carbons (Fsp3) is 0.263. The average Bonchev–Trinajstić information content (AvgIpc) is 3.09. The van der Waals surface area contributed by atoms with Crippen molar-refractivity contribution in [2.45, 2.75) is 18.8 Å². The number of anilines is 1. The number of amides is 2.